The predicted molar refractivity (Wildman–Crippen MR) is 95.9 cm³/mol. The number of aromatic nitrogens is 1. The Bertz CT molecular complexity index is 674. The van der Waals surface area contributed by atoms with Crippen LogP contribution in [0.25, 0.3) is 11.3 Å². The Morgan fingerprint density at radius 2 is 2.25 bits per heavy atom. The molecule has 1 aliphatic heterocycles. The molecule has 1 saturated heterocycles. The molecule has 24 heavy (non-hydrogen) atoms. The predicted octanol–water partition coefficient (Wildman–Crippen LogP) is 3.29. The Kier molecular flexibility index (Phi) is 5.48. The summed E-state index contributed by atoms with van der Waals surface area (Å²) < 4.78 is 0. The number of amides is 2. The lowest BCUT2D eigenvalue weighted by Gasteiger charge is -2.32. The number of aliphatic hydroxyl groups is 1. The number of benzene rings is 1. The van der Waals surface area contributed by atoms with E-state index in [1.54, 1.807) is 16.2 Å². The van der Waals surface area contributed by atoms with E-state index in [9.17, 15) is 9.90 Å². The summed E-state index contributed by atoms with van der Waals surface area (Å²) in [6.07, 6.45) is 1.94. The van der Waals surface area contributed by atoms with Gasteiger partial charge in [-0.25, -0.2) is 9.78 Å². The molecule has 0 unspecified atom stereocenters. The van der Waals surface area contributed by atoms with Crippen molar-refractivity contribution in [3.8, 4) is 11.3 Å². The van der Waals surface area contributed by atoms with E-state index in [1.807, 2.05) is 42.6 Å². The molecule has 0 saturated carbocycles. The van der Waals surface area contributed by atoms with Crippen molar-refractivity contribution in [3.05, 3.63) is 40.7 Å². The molecule has 128 valence electrons. The van der Waals surface area contributed by atoms with Crippen LogP contribution < -0.4 is 5.32 Å². The molecule has 0 spiro atoms. The summed E-state index contributed by atoms with van der Waals surface area (Å²) in [4.78, 5) is 18.9. The number of aliphatic hydroxyl groups excluding tert-OH is 1. The molecule has 6 heteroatoms. The van der Waals surface area contributed by atoms with Gasteiger partial charge in [0.25, 0.3) is 0 Å². The summed E-state index contributed by atoms with van der Waals surface area (Å²) in [6, 6.07) is 9.83. The molecule has 2 aromatic rings. The summed E-state index contributed by atoms with van der Waals surface area (Å²) in [6.45, 7) is 3.48. The Morgan fingerprint density at radius 3 is 3.00 bits per heavy atom. The molecule has 2 heterocycles. The van der Waals surface area contributed by atoms with Gasteiger partial charge in [0.05, 0.1) is 11.7 Å². The fraction of sp³-hybridized carbons (Fsp3) is 0.444. The number of likely N-dealkylation sites (tertiary alicyclic amines) is 1. The van der Waals surface area contributed by atoms with Crippen LogP contribution in [0.1, 0.15) is 30.8 Å². The van der Waals surface area contributed by atoms with Crippen LogP contribution in [-0.4, -0.2) is 40.7 Å². The fourth-order valence-electron chi connectivity index (χ4n) is 2.96. The van der Waals surface area contributed by atoms with Crippen molar-refractivity contribution >= 4 is 17.4 Å². The van der Waals surface area contributed by atoms with Crippen LogP contribution >= 0.6 is 11.3 Å². The molecule has 1 aromatic carbocycles. The van der Waals surface area contributed by atoms with Gasteiger partial charge in [0.15, 0.2) is 0 Å². The van der Waals surface area contributed by atoms with Crippen molar-refractivity contribution in [1.29, 1.82) is 0 Å². The first-order valence-corrected chi connectivity index (χ1v) is 9.22. The molecule has 2 amide bonds. The minimum Gasteiger partial charge on any atom is -0.396 e. The number of thiazole rings is 1. The van der Waals surface area contributed by atoms with Crippen LogP contribution in [0, 0.1) is 5.92 Å². The summed E-state index contributed by atoms with van der Waals surface area (Å²) in [5.41, 5.74) is 2.02. The van der Waals surface area contributed by atoms with Crippen LogP contribution in [-0.2, 0) is 0 Å². The van der Waals surface area contributed by atoms with E-state index < -0.39 is 0 Å². The second-order valence-electron chi connectivity index (χ2n) is 6.25. The first-order valence-electron chi connectivity index (χ1n) is 8.34. The van der Waals surface area contributed by atoms with Gasteiger partial charge in [0, 0.05) is 30.6 Å². The van der Waals surface area contributed by atoms with Crippen molar-refractivity contribution in [3.63, 3.8) is 0 Å². The highest BCUT2D eigenvalue weighted by Crippen LogP contribution is 2.25. The molecule has 0 bridgehead atoms. The minimum atomic E-state index is -0.130. The normalized spacial score (nSPS) is 19.1. The topological polar surface area (TPSA) is 65.5 Å². The van der Waals surface area contributed by atoms with Gasteiger partial charge in [-0.05, 0) is 25.7 Å². The van der Waals surface area contributed by atoms with E-state index in [0.29, 0.717) is 6.54 Å². The standard InChI is InChI=1S/C18H23N3O2S/c1-13(19-18(23)21-9-5-6-14(10-21)11-22)17-20-16(12-24-17)15-7-3-2-4-8-15/h2-4,7-8,12-14,22H,5-6,9-11H2,1H3,(H,19,23)/t13-,14+/m1/s1. The molecular weight excluding hydrogens is 322 g/mol. The van der Waals surface area contributed by atoms with Gasteiger partial charge in [0.1, 0.15) is 5.01 Å². The molecular formula is C18H23N3O2S. The van der Waals surface area contributed by atoms with Gasteiger partial charge in [-0.2, -0.15) is 0 Å². The highest BCUT2D eigenvalue weighted by molar-refractivity contribution is 7.10. The molecule has 1 aromatic heterocycles. The quantitative estimate of drug-likeness (QED) is 0.894. The number of carbonyl (C=O) groups excluding carboxylic acids is 1. The van der Waals surface area contributed by atoms with E-state index in [1.165, 1.54) is 0 Å². The molecule has 3 rings (SSSR count). The van der Waals surface area contributed by atoms with E-state index in [-0.39, 0.29) is 24.6 Å². The van der Waals surface area contributed by atoms with E-state index in [0.717, 1.165) is 35.7 Å². The first kappa shape index (κ1) is 16.9. The maximum absolute atomic E-state index is 12.4. The zero-order chi connectivity index (χ0) is 16.9. The number of piperidine rings is 1. The molecule has 2 N–H and O–H groups in total. The molecule has 1 fully saturated rings. The lowest BCUT2D eigenvalue weighted by Crippen LogP contribution is -2.46. The molecule has 0 radical (unpaired) electrons. The second kappa shape index (κ2) is 7.77. The lowest BCUT2D eigenvalue weighted by molar-refractivity contribution is 0.128. The SMILES string of the molecule is C[C@@H](NC(=O)N1CCC[C@H](CO)C1)c1nc(-c2ccccc2)cs1. The average Bonchev–Trinajstić information content (AvgIpc) is 3.13. The monoisotopic (exact) mass is 345 g/mol. The molecule has 0 aliphatic carbocycles. The lowest BCUT2D eigenvalue weighted by atomic mass is 9.99. The fourth-order valence-corrected chi connectivity index (χ4v) is 3.80. The number of rotatable bonds is 4. The second-order valence-corrected chi connectivity index (χ2v) is 7.13. The average molecular weight is 345 g/mol. The van der Waals surface area contributed by atoms with Gasteiger partial charge < -0.3 is 15.3 Å². The molecule has 1 aliphatic rings. The Morgan fingerprint density at radius 1 is 1.46 bits per heavy atom. The smallest absolute Gasteiger partial charge is 0.317 e. The van der Waals surface area contributed by atoms with Gasteiger partial charge >= 0.3 is 6.03 Å². The van der Waals surface area contributed by atoms with Crippen LogP contribution in [0.3, 0.4) is 0 Å². The number of urea groups is 1. The van der Waals surface area contributed by atoms with Crippen molar-refractivity contribution < 1.29 is 9.90 Å². The number of nitrogens with one attached hydrogen (secondary N) is 1. The van der Waals surface area contributed by atoms with Crippen LogP contribution in [0.15, 0.2) is 35.7 Å². The Hall–Kier alpha value is -1.92. The Labute approximate surface area is 146 Å². The minimum absolute atomic E-state index is 0.0721. The van der Waals surface area contributed by atoms with Gasteiger partial charge in [-0.1, -0.05) is 30.3 Å². The summed E-state index contributed by atoms with van der Waals surface area (Å²) in [5.74, 6) is 0.198. The highest BCUT2D eigenvalue weighted by Gasteiger charge is 2.24. The van der Waals surface area contributed by atoms with Crippen LogP contribution in [0.4, 0.5) is 4.79 Å². The van der Waals surface area contributed by atoms with Crippen LogP contribution in [0.5, 0.6) is 0 Å². The first-order chi connectivity index (χ1) is 11.7. The molecule has 2 atom stereocenters. The summed E-state index contributed by atoms with van der Waals surface area (Å²) in [7, 11) is 0. The van der Waals surface area contributed by atoms with Crippen molar-refractivity contribution in [2.24, 2.45) is 5.92 Å². The highest BCUT2D eigenvalue weighted by atomic mass is 32.1. The maximum atomic E-state index is 12.4. The summed E-state index contributed by atoms with van der Waals surface area (Å²) >= 11 is 1.56. The zero-order valence-electron chi connectivity index (χ0n) is 13.8. The molecule has 5 nitrogen and oxygen atoms in total. The van der Waals surface area contributed by atoms with E-state index in [2.05, 4.69) is 10.3 Å². The van der Waals surface area contributed by atoms with Gasteiger partial charge in [0.2, 0.25) is 0 Å². The number of carbonyl (C=O) groups is 1. The van der Waals surface area contributed by atoms with Crippen LogP contribution in [0.2, 0.25) is 0 Å². The number of hydrogen-bond donors (Lipinski definition) is 2. The number of hydrogen-bond acceptors (Lipinski definition) is 4. The van der Waals surface area contributed by atoms with Crippen molar-refractivity contribution in [1.82, 2.24) is 15.2 Å². The van der Waals surface area contributed by atoms with Gasteiger partial charge in [-0.3, -0.25) is 0 Å². The third-order valence-electron chi connectivity index (χ3n) is 4.37. The van der Waals surface area contributed by atoms with Crippen molar-refractivity contribution in [2.75, 3.05) is 19.7 Å². The summed E-state index contributed by atoms with van der Waals surface area (Å²) in [5, 5.41) is 15.2. The van der Waals surface area contributed by atoms with E-state index >= 15 is 0 Å². The van der Waals surface area contributed by atoms with Crippen molar-refractivity contribution in [2.45, 2.75) is 25.8 Å². The van der Waals surface area contributed by atoms with Gasteiger partial charge in [-0.15, -0.1) is 11.3 Å². The maximum Gasteiger partial charge on any atom is 0.317 e. The third kappa shape index (κ3) is 3.94. The zero-order valence-corrected chi connectivity index (χ0v) is 14.6. The Balaban J connectivity index is 1.61. The number of nitrogens with zero attached hydrogens (tertiary/aromatic N) is 2. The third-order valence-corrected chi connectivity index (χ3v) is 5.39. The largest absolute Gasteiger partial charge is 0.396 e. The van der Waals surface area contributed by atoms with E-state index in [4.69, 9.17) is 0 Å².